The molecule has 0 bridgehead atoms. The van der Waals surface area contributed by atoms with Crippen LogP contribution in [0.5, 0.6) is 0 Å². The normalized spacial score (nSPS) is 11.7. The lowest BCUT2D eigenvalue weighted by atomic mass is 10.1. The van der Waals surface area contributed by atoms with Gasteiger partial charge in [0.05, 0.1) is 6.54 Å². The second-order valence-electron chi connectivity index (χ2n) is 6.09. The number of likely N-dealkylation sites (N-methyl/N-ethyl adjacent to an activating group) is 1. The fraction of sp³-hybridized carbons (Fsp3) is 0.562. The first-order chi connectivity index (χ1) is 8.80. The lowest BCUT2D eigenvalue weighted by Gasteiger charge is -2.25. The Labute approximate surface area is 117 Å². The average molecular weight is 262 g/mol. The van der Waals surface area contributed by atoms with Crippen molar-refractivity contribution in [3.05, 3.63) is 35.4 Å². The van der Waals surface area contributed by atoms with Crippen molar-refractivity contribution in [3.8, 4) is 0 Å². The number of benzene rings is 1. The standard InChI is InChI=1S/C16H26N2O/c1-6-18(12-15(19)17-16(3,4)5)11-14-9-7-8-13(2)10-14/h7-10H,6,11-12H2,1-5H3,(H,17,19). The van der Waals surface area contributed by atoms with Gasteiger partial charge in [-0.25, -0.2) is 0 Å². The molecular weight excluding hydrogens is 236 g/mol. The van der Waals surface area contributed by atoms with Crippen LogP contribution in [0.3, 0.4) is 0 Å². The summed E-state index contributed by atoms with van der Waals surface area (Å²) in [4.78, 5) is 14.1. The van der Waals surface area contributed by atoms with Crippen molar-refractivity contribution in [2.75, 3.05) is 13.1 Å². The van der Waals surface area contributed by atoms with Crippen LogP contribution in [0.4, 0.5) is 0 Å². The lowest BCUT2D eigenvalue weighted by molar-refractivity contribution is -0.123. The maximum Gasteiger partial charge on any atom is 0.234 e. The topological polar surface area (TPSA) is 32.3 Å². The highest BCUT2D eigenvalue weighted by atomic mass is 16.2. The van der Waals surface area contributed by atoms with Crippen molar-refractivity contribution in [3.63, 3.8) is 0 Å². The number of hydrogen-bond acceptors (Lipinski definition) is 2. The predicted octanol–water partition coefficient (Wildman–Crippen LogP) is 2.73. The van der Waals surface area contributed by atoms with Gasteiger partial charge in [0.2, 0.25) is 5.91 Å². The van der Waals surface area contributed by atoms with E-state index in [1.165, 1.54) is 11.1 Å². The molecule has 0 spiro atoms. The third-order valence-corrected chi connectivity index (χ3v) is 2.82. The fourth-order valence-corrected chi connectivity index (χ4v) is 2.01. The van der Waals surface area contributed by atoms with E-state index in [4.69, 9.17) is 0 Å². The summed E-state index contributed by atoms with van der Waals surface area (Å²) >= 11 is 0. The molecule has 3 heteroatoms. The molecule has 0 fully saturated rings. The number of nitrogens with zero attached hydrogens (tertiary/aromatic N) is 1. The molecule has 1 rings (SSSR count). The van der Waals surface area contributed by atoms with Crippen LogP contribution in [0.2, 0.25) is 0 Å². The number of nitrogens with one attached hydrogen (secondary N) is 1. The van der Waals surface area contributed by atoms with Crippen LogP contribution in [0.25, 0.3) is 0 Å². The van der Waals surface area contributed by atoms with E-state index in [-0.39, 0.29) is 11.4 Å². The maximum atomic E-state index is 11.9. The van der Waals surface area contributed by atoms with Crippen LogP contribution in [0.1, 0.15) is 38.8 Å². The van der Waals surface area contributed by atoms with Crippen LogP contribution < -0.4 is 5.32 Å². The minimum Gasteiger partial charge on any atom is -0.350 e. The molecule has 1 amide bonds. The third-order valence-electron chi connectivity index (χ3n) is 2.82. The van der Waals surface area contributed by atoms with E-state index >= 15 is 0 Å². The van der Waals surface area contributed by atoms with E-state index in [0.717, 1.165) is 13.1 Å². The summed E-state index contributed by atoms with van der Waals surface area (Å²) < 4.78 is 0. The Bertz CT molecular complexity index is 421. The van der Waals surface area contributed by atoms with Crippen LogP contribution in [-0.4, -0.2) is 29.4 Å². The largest absolute Gasteiger partial charge is 0.350 e. The van der Waals surface area contributed by atoms with E-state index in [2.05, 4.69) is 48.3 Å². The van der Waals surface area contributed by atoms with Gasteiger partial charge in [-0.1, -0.05) is 36.8 Å². The molecule has 19 heavy (non-hydrogen) atoms. The van der Waals surface area contributed by atoms with Gasteiger partial charge in [-0.15, -0.1) is 0 Å². The van der Waals surface area contributed by atoms with Crippen LogP contribution in [0, 0.1) is 6.92 Å². The Hall–Kier alpha value is -1.35. The van der Waals surface area contributed by atoms with Gasteiger partial charge in [0, 0.05) is 12.1 Å². The monoisotopic (exact) mass is 262 g/mol. The first kappa shape index (κ1) is 15.7. The van der Waals surface area contributed by atoms with Gasteiger partial charge in [-0.2, -0.15) is 0 Å². The van der Waals surface area contributed by atoms with E-state index < -0.39 is 0 Å². The van der Waals surface area contributed by atoms with Crippen molar-refractivity contribution >= 4 is 5.91 Å². The Balaban J connectivity index is 2.57. The number of amides is 1. The molecule has 0 heterocycles. The highest BCUT2D eigenvalue weighted by molar-refractivity contribution is 5.78. The predicted molar refractivity (Wildman–Crippen MR) is 80.0 cm³/mol. The van der Waals surface area contributed by atoms with E-state index in [1.807, 2.05) is 20.8 Å². The van der Waals surface area contributed by atoms with Crippen LogP contribution in [0.15, 0.2) is 24.3 Å². The molecule has 0 atom stereocenters. The molecule has 3 nitrogen and oxygen atoms in total. The molecule has 0 aliphatic heterocycles. The summed E-state index contributed by atoms with van der Waals surface area (Å²) in [5.74, 6) is 0.0852. The number of aryl methyl sites for hydroxylation is 1. The highest BCUT2D eigenvalue weighted by Crippen LogP contribution is 2.08. The van der Waals surface area contributed by atoms with Crippen LogP contribution >= 0.6 is 0 Å². The molecule has 0 aliphatic rings. The quantitative estimate of drug-likeness (QED) is 0.885. The van der Waals surface area contributed by atoms with Crippen molar-refractivity contribution < 1.29 is 4.79 Å². The van der Waals surface area contributed by atoms with Gasteiger partial charge in [0.1, 0.15) is 0 Å². The van der Waals surface area contributed by atoms with Gasteiger partial charge < -0.3 is 5.32 Å². The maximum absolute atomic E-state index is 11.9. The third kappa shape index (κ3) is 6.39. The molecule has 0 radical (unpaired) electrons. The van der Waals surface area contributed by atoms with Gasteiger partial charge in [-0.3, -0.25) is 9.69 Å². The summed E-state index contributed by atoms with van der Waals surface area (Å²) in [6.45, 7) is 12.3. The summed E-state index contributed by atoms with van der Waals surface area (Å²) in [5.41, 5.74) is 2.35. The number of carbonyl (C=O) groups excluding carboxylic acids is 1. The van der Waals surface area contributed by atoms with Crippen LogP contribution in [-0.2, 0) is 11.3 Å². The number of rotatable bonds is 5. The molecule has 0 saturated carbocycles. The second kappa shape index (κ2) is 6.71. The van der Waals surface area contributed by atoms with E-state index in [9.17, 15) is 4.79 Å². The SMILES string of the molecule is CCN(CC(=O)NC(C)(C)C)Cc1cccc(C)c1. The molecule has 106 valence electrons. The van der Waals surface area contributed by atoms with Gasteiger partial charge in [0.15, 0.2) is 0 Å². The smallest absolute Gasteiger partial charge is 0.234 e. The zero-order valence-corrected chi connectivity index (χ0v) is 12.8. The Morgan fingerprint density at radius 1 is 1.32 bits per heavy atom. The lowest BCUT2D eigenvalue weighted by Crippen LogP contribution is -2.45. The summed E-state index contributed by atoms with van der Waals surface area (Å²) in [5, 5.41) is 3.00. The minimum atomic E-state index is -0.167. The zero-order valence-electron chi connectivity index (χ0n) is 12.8. The zero-order chi connectivity index (χ0) is 14.5. The first-order valence-corrected chi connectivity index (χ1v) is 6.89. The average Bonchev–Trinajstić information content (AvgIpc) is 2.25. The molecule has 1 aromatic rings. The first-order valence-electron chi connectivity index (χ1n) is 6.89. The summed E-state index contributed by atoms with van der Waals surface area (Å²) in [6, 6.07) is 8.43. The molecular formula is C16H26N2O. The van der Waals surface area contributed by atoms with Gasteiger partial charge in [0.25, 0.3) is 0 Å². The Morgan fingerprint density at radius 3 is 2.53 bits per heavy atom. The molecule has 1 N–H and O–H groups in total. The highest BCUT2D eigenvalue weighted by Gasteiger charge is 2.16. The molecule has 0 aliphatic carbocycles. The summed E-state index contributed by atoms with van der Waals surface area (Å²) in [6.07, 6.45) is 0. The van der Waals surface area contributed by atoms with E-state index in [1.54, 1.807) is 0 Å². The van der Waals surface area contributed by atoms with Crippen molar-refractivity contribution in [1.29, 1.82) is 0 Å². The molecule has 0 aromatic heterocycles. The minimum absolute atomic E-state index is 0.0852. The summed E-state index contributed by atoms with van der Waals surface area (Å²) in [7, 11) is 0. The Kier molecular flexibility index (Phi) is 5.55. The molecule has 0 saturated heterocycles. The van der Waals surface area contributed by atoms with Crippen molar-refractivity contribution in [2.45, 2.75) is 46.7 Å². The Morgan fingerprint density at radius 2 is 2.00 bits per heavy atom. The number of carbonyl (C=O) groups is 1. The fourth-order valence-electron chi connectivity index (χ4n) is 2.01. The van der Waals surface area contributed by atoms with Gasteiger partial charge in [-0.05, 0) is 39.8 Å². The van der Waals surface area contributed by atoms with Crippen molar-refractivity contribution in [2.24, 2.45) is 0 Å². The van der Waals surface area contributed by atoms with E-state index in [0.29, 0.717) is 6.54 Å². The van der Waals surface area contributed by atoms with Gasteiger partial charge >= 0.3 is 0 Å². The van der Waals surface area contributed by atoms with Crippen molar-refractivity contribution in [1.82, 2.24) is 10.2 Å². The second-order valence-corrected chi connectivity index (χ2v) is 6.09. The number of hydrogen-bond donors (Lipinski definition) is 1. The molecule has 0 unspecified atom stereocenters. The molecule has 1 aromatic carbocycles.